The lowest BCUT2D eigenvalue weighted by atomic mass is 9.90. The summed E-state index contributed by atoms with van der Waals surface area (Å²) in [6, 6.07) is 13.3. The van der Waals surface area contributed by atoms with Gasteiger partial charge in [0.1, 0.15) is 17.1 Å². The summed E-state index contributed by atoms with van der Waals surface area (Å²) < 4.78 is 5.84. The van der Waals surface area contributed by atoms with Crippen LogP contribution in [-0.2, 0) is 9.59 Å². The molecule has 0 bridgehead atoms. The Morgan fingerprint density at radius 2 is 1.66 bits per heavy atom. The van der Waals surface area contributed by atoms with Crippen LogP contribution in [0.1, 0.15) is 49.4 Å². The molecule has 1 heterocycles. The zero-order chi connectivity index (χ0) is 27.2. The third-order valence-corrected chi connectivity index (χ3v) is 6.14. The van der Waals surface area contributed by atoms with Crippen molar-refractivity contribution in [3.05, 3.63) is 70.4 Å². The van der Waals surface area contributed by atoms with Crippen LogP contribution in [0.4, 0.5) is 5.69 Å². The maximum atomic E-state index is 12.4. The Kier molecular flexibility index (Phi) is 8.06. The number of fused-ring (bicyclic) bond motifs is 2. The van der Waals surface area contributed by atoms with Gasteiger partial charge in [-0.1, -0.05) is 19.4 Å². The molecule has 0 radical (unpaired) electrons. The lowest BCUT2D eigenvalue weighted by Gasteiger charge is -2.17. The van der Waals surface area contributed by atoms with Crippen LogP contribution in [0, 0.1) is 0 Å². The number of anilines is 1. The lowest BCUT2D eigenvalue weighted by molar-refractivity contribution is -0.121. The van der Waals surface area contributed by atoms with Gasteiger partial charge in [0, 0.05) is 53.7 Å². The van der Waals surface area contributed by atoms with Crippen LogP contribution in [0.25, 0.3) is 33.4 Å². The maximum absolute atomic E-state index is 12.4. The van der Waals surface area contributed by atoms with Crippen molar-refractivity contribution < 1.29 is 29.0 Å². The van der Waals surface area contributed by atoms with Gasteiger partial charge in [-0.25, -0.2) is 4.79 Å². The molecule has 38 heavy (non-hydrogen) atoms. The predicted octanol–water partition coefficient (Wildman–Crippen LogP) is 4.99. The molecular weight excluding hydrogens is 488 g/mol. The molecule has 2 aromatic carbocycles. The number of amides is 2. The summed E-state index contributed by atoms with van der Waals surface area (Å²) in [7, 11) is 0. The van der Waals surface area contributed by atoms with E-state index < -0.39 is 5.97 Å². The van der Waals surface area contributed by atoms with E-state index in [0.717, 1.165) is 12.8 Å². The van der Waals surface area contributed by atoms with Crippen LogP contribution in [0.15, 0.2) is 63.8 Å². The Morgan fingerprint density at radius 3 is 2.42 bits per heavy atom. The molecule has 0 fully saturated rings. The van der Waals surface area contributed by atoms with Gasteiger partial charge in [-0.3, -0.25) is 14.4 Å². The van der Waals surface area contributed by atoms with E-state index in [4.69, 9.17) is 4.42 Å². The Morgan fingerprint density at radius 1 is 0.895 bits per heavy atom. The average Bonchev–Trinajstić information content (AvgIpc) is 2.87. The minimum absolute atomic E-state index is 0.0419. The van der Waals surface area contributed by atoms with Crippen LogP contribution in [0.5, 0.6) is 5.75 Å². The molecule has 4 rings (SSSR count). The summed E-state index contributed by atoms with van der Waals surface area (Å²) in [5, 5.41) is 26.0. The Hall–Kier alpha value is -4.66. The fourth-order valence-electron chi connectivity index (χ4n) is 4.29. The number of carboxylic acids is 1. The topological polar surface area (TPSA) is 146 Å². The lowest BCUT2D eigenvalue weighted by Crippen LogP contribution is -2.24. The molecule has 0 saturated heterocycles. The van der Waals surface area contributed by atoms with Crippen molar-refractivity contribution in [3.8, 4) is 28.2 Å². The summed E-state index contributed by atoms with van der Waals surface area (Å²) in [5.41, 5.74) is 1.65. The highest BCUT2D eigenvalue weighted by molar-refractivity contribution is 6.08. The Bertz CT molecular complexity index is 1540. The maximum Gasteiger partial charge on any atom is 0.336 e. The molecule has 0 spiro atoms. The summed E-state index contributed by atoms with van der Waals surface area (Å²) in [6.45, 7) is 2.65. The molecule has 2 amide bonds. The molecule has 0 aromatic heterocycles. The second-order valence-electron chi connectivity index (χ2n) is 8.99. The highest BCUT2D eigenvalue weighted by Gasteiger charge is 2.22. The average molecular weight is 517 g/mol. The zero-order valence-corrected chi connectivity index (χ0v) is 20.9. The summed E-state index contributed by atoms with van der Waals surface area (Å²) in [5.74, 6) is -1.43. The molecule has 9 heteroatoms. The number of benzene rings is 3. The molecule has 0 unspecified atom stereocenters. The van der Waals surface area contributed by atoms with E-state index in [1.807, 2.05) is 6.92 Å². The summed E-state index contributed by atoms with van der Waals surface area (Å²) in [6.07, 6.45) is 2.60. The highest BCUT2D eigenvalue weighted by atomic mass is 16.4. The first-order valence-corrected chi connectivity index (χ1v) is 12.4. The molecule has 4 N–H and O–H groups in total. The second kappa shape index (κ2) is 11.6. The van der Waals surface area contributed by atoms with Gasteiger partial charge >= 0.3 is 5.97 Å². The summed E-state index contributed by atoms with van der Waals surface area (Å²) in [4.78, 5) is 48.5. The van der Waals surface area contributed by atoms with Crippen molar-refractivity contribution in [1.29, 1.82) is 0 Å². The van der Waals surface area contributed by atoms with Crippen molar-refractivity contribution in [3.63, 3.8) is 0 Å². The van der Waals surface area contributed by atoms with Gasteiger partial charge in [-0.15, -0.1) is 0 Å². The van der Waals surface area contributed by atoms with Crippen LogP contribution in [0.3, 0.4) is 0 Å². The van der Waals surface area contributed by atoms with E-state index >= 15 is 0 Å². The van der Waals surface area contributed by atoms with Gasteiger partial charge < -0.3 is 25.3 Å². The summed E-state index contributed by atoms with van der Waals surface area (Å²) >= 11 is 0. The first-order valence-electron chi connectivity index (χ1n) is 12.4. The molecule has 2 aliphatic rings. The van der Waals surface area contributed by atoms with Crippen LogP contribution >= 0.6 is 0 Å². The SMILES string of the molecule is CCCCNC(=O)CCCC(=O)Nc1ccc(-c2c3ccc(=O)cc-3oc3cc(O)ccc23)c(C(=O)O)c1. The van der Waals surface area contributed by atoms with E-state index in [9.17, 15) is 29.4 Å². The number of carboxylic acid groups (broad SMARTS) is 1. The molecule has 2 aromatic rings. The normalized spacial score (nSPS) is 11.0. The smallest absolute Gasteiger partial charge is 0.336 e. The fourth-order valence-corrected chi connectivity index (χ4v) is 4.29. The molecule has 196 valence electrons. The van der Waals surface area contributed by atoms with E-state index in [2.05, 4.69) is 10.6 Å². The number of carbonyl (C=O) groups is 3. The van der Waals surface area contributed by atoms with Crippen LogP contribution < -0.4 is 16.1 Å². The van der Waals surface area contributed by atoms with Crippen LogP contribution in [0.2, 0.25) is 0 Å². The quantitative estimate of drug-likeness (QED) is 0.171. The molecule has 9 nitrogen and oxygen atoms in total. The number of hydrogen-bond donors (Lipinski definition) is 4. The number of phenols is 1. The monoisotopic (exact) mass is 516 g/mol. The van der Waals surface area contributed by atoms with Gasteiger partial charge in [-0.05, 0) is 54.8 Å². The van der Waals surface area contributed by atoms with E-state index in [1.54, 1.807) is 24.3 Å². The number of rotatable bonds is 10. The molecule has 0 saturated carbocycles. The van der Waals surface area contributed by atoms with Crippen molar-refractivity contribution in [1.82, 2.24) is 5.32 Å². The van der Waals surface area contributed by atoms with Crippen molar-refractivity contribution >= 4 is 34.4 Å². The number of aromatic hydroxyl groups is 1. The van der Waals surface area contributed by atoms with Crippen molar-refractivity contribution in [2.45, 2.75) is 39.0 Å². The largest absolute Gasteiger partial charge is 0.508 e. The number of aromatic carboxylic acids is 1. The predicted molar refractivity (Wildman–Crippen MR) is 144 cm³/mol. The van der Waals surface area contributed by atoms with Gasteiger partial charge in [0.25, 0.3) is 0 Å². The minimum Gasteiger partial charge on any atom is -0.508 e. The van der Waals surface area contributed by atoms with Gasteiger partial charge in [-0.2, -0.15) is 0 Å². The molecule has 0 atom stereocenters. The van der Waals surface area contributed by atoms with Gasteiger partial charge in [0.15, 0.2) is 5.43 Å². The zero-order valence-electron chi connectivity index (χ0n) is 20.9. The number of unbranched alkanes of at least 4 members (excludes halogenated alkanes) is 1. The first-order chi connectivity index (χ1) is 18.3. The van der Waals surface area contributed by atoms with Gasteiger partial charge in [0.2, 0.25) is 11.8 Å². The third kappa shape index (κ3) is 6.00. The van der Waals surface area contributed by atoms with Crippen molar-refractivity contribution in [2.75, 3.05) is 11.9 Å². The number of nitrogens with one attached hydrogen (secondary N) is 2. The first kappa shape index (κ1) is 26.4. The van der Waals surface area contributed by atoms with Gasteiger partial charge in [0.05, 0.1) is 5.56 Å². The Labute approximate surface area is 218 Å². The molecule has 1 aliphatic carbocycles. The highest BCUT2D eigenvalue weighted by Crippen LogP contribution is 2.42. The Balaban J connectivity index is 1.62. The number of phenolic OH excluding ortho intramolecular Hbond substituents is 1. The number of carbonyl (C=O) groups excluding carboxylic acids is 2. The second-order valence-corrected chi connectivity index (χ2v) is 8.99. The van der Waals surface area contributed by atoms with E-state index in [1.165, 1.54) is 30.3 Å². The number of hydrogen-bond acceptors (Lipinski definition) is 6. The third-order valence-electron chi connectivity index (χ3n) is 6.14. The fraction of sp³-hybridized carbons (Fsp3) is 0.241. The van der Waals surface area contributed by atoms with E-state index in [0.29, 0.717) is 40.7 Å². The molecular formula is C29H28N2O7. The minimum atomic E-state index is -1.21. The standard InChI is InChI=1S/C29H28N2O7/c1-2-3-13-30-26(34)5-4-6-27(35)31-17-7-10-20(23(14-17)29(36)37)28-21-11-8-18(32)15-24(21)38-25-16-19(33)9-12-22(25)28/h7-12,14-16,32H,2-6,13H2,1H3,(H,30,34)(H,31,35)(H,36,37). The molecule has 1 aliphatic heterocycles. The van der Waals surface area contributed by atoms with Crippen molar-refractivity contribution in [2.24, 2.45) is 0 Å². The van der Waals surface area contributed by atoms with E-state index in [-0.39, 0.29) is 52.7 Å². The van der Waals surface area contributed by atoms with Crippen LogP contribution in [-0.4, -0.2) is 34.5 Å².